The summed E-state index contributed by atoms with van der Waals surface area (Å²) in [5.74, 6) is -2.28. The van der Waals surface area contributed by atoms with E-state index in [-0.39, 0.29) is 5.91 Å². The third-order valence-electron chi connectivity index (χ3n) is 3.75. The van der Waals surface area contributed by atoms with Crippen molar-refractivity contribution in [3.05, 3.63) is 35.9 Å². The highest BCUT2D eigenvalue weighted by Crippen LogP contribution is 2.30. The van der Waals surface area contributed by atoms with E-state index in [4.69, 9.17) is 10.00 Å². The second kappa shape index (κ2) is 7.45. The normalized spacial score (nSPS) is 19.7. The molecule has 1 aromatic rings. The number of benzene rings is 1. The molecule has 0 aromatic heterocycles. The molecule has 2 rings (SSSR count). The number of nitrogens with zero attached hydrogens (tertiary/aromatic N) is 1. The average molecular weight is 314 g/mol. The van der Waals surface area contributed by atoms with Gasteiger partial charge >= 0.3 is 5.97 Å². The number of ether oxygens (including phenoxy) is 1. The lowest BCUT2D eigenvalue weighted by molar-refractivity contribution is -0.146. The van der Waals surface area contributed by atoms with Gasteiger partial charge in [-0.25, -0.2) is 0 Å². The summed E-state index contributed by atoms with van der Waals surface area (Å²) >= 11 is 0. The molecular formula is C17H18N2O4. The first-order valence-corrected chi connectivity index (χ1v) is 7.42. The number of rotatable bonds is 5. The van der Waals surface area contributed by atoms with E-state index >= 15 is 0 Å². The number of carbonyl (C=O) groups is 2. The van der Waals surface area contributed by atoms with Crippen molar-refractivity contribution in [2.45, 2.75) is 19.8 Å². The van der Waals surface area contributed by atoms with Crippen molar-refractivity contribution < 1.29 is 19.4 Å². The smallest absolute Gasteiger partial charge is 0.307 e. The molecule has 0 saturated heterocycles. The van der Waals surface area contributed by atoms with E-state index in [9.17, 15) is 14.7 Å². The van der Waals surface area contributed by atoms with Crippen molar-refractivity contribution in [2.75, 3.05) is 11.9 Å². The van der Waals surface area contributed by atoms with Crippen molar-refractivity contribution in [1.82, 2.24) is 0 Å². The molecule has 0 fully saturated rings. The molecule has 0 spiro atoms. The van der Waals surface area contributed by atoms with Crippen LogP contribution in [0.5, 0.6) is 5.75 Å². The number of carboxylic acids is 1. The molecule has 0 radical (unpaired) electrons. The topological polar surface area (TPSA) is 99.4 Å². The summed E-state index contributed by atoms with van der Waals surface area (Å²) in [6.07, 6.45) is 4.32. The molecule has 0 saturated carbocycles. The summed E-state index contributed by atoms with van der Waals surface area (Å²) in [5.41, 5.74) is 0.775. The van der Waals surface area contributed by atoms with Gasteiger partial charge in [-0.15, -0.1) is 0 Å². The Hall–Kier alpha value is -2.81. The van der Waals surface area contributed by atoms with Gasteiger partial charge in [-0.2, -0.15) is 5.26 Å². The van der Waals surface area contributed by atoms with E-state index in [2.05, 4.69) is 5.32 Å². The Bertz CT molecular complexity index is 676. The van der Waals surface area contributed by atoms with Crippen LogP contribution in [0.25, 0.3) is 0 Å². The van der Waals surface area contributed by atoms with Crippen LogP contribution in [0, 0.1) is 23.2 Å². The maximum absolute atomic E-state index is 12.5. The fourth-order valence-corrected chi connectivity index (χ4v) is 2.58. The van der Waals surface area contributed by atoms with Crippen molar-refractivity contribution in [2.24, 2.45) is 11.8 Å². The molecule has 2 N–H and O–H groups in total. The number of hydrogen-bond acceptors (Lipinski definition) is 4. The van der Waals surface area contributed by atoms with Gasteiger partial charge in [0.1, 0.15) is 5.75 Å². The molecule has 2 unspecified atom stereocenters. The Labute approximate surface area is 134 Å². The van der Waals surface area contributed by atoms with Gasteiger partial charge in [0.2, 0.25) is 5.91 Å². The monoisotopic (exact) mass is 314 g/mol. The summed E-state index contributed by atoms with van der Waals surface area (Å²) in [6, 6.07) is 6.75. The summed E-state index contributed by atoms with van der Waals surface area (Å²) in [4.78, 5) is 23.8. The van der Waals surface area contributed by atoms with Crippen LogP contribution < -0.4 is 10.1 Å². The van der Waals surface area contributed by atoms with Crippen LogP contribution in [-0.2, 0) is 9.59 Å². The van der Waals surface area contributed by atoms with Crippen LogP contribution >= 0.6 is 0 Å². The number of anilines is 1. The molecule has 0 aliphatic heterocycles. The zero-order chi connectivity index (χ0) is 16.8. The van der Waals surface area contributed by atoms with Crippen molar-refractivity contribution >= 4 is 17.6 Å². The van der Waals surface area contributed by atoms with E-state index in [0.717, 1.165) is 0 Å². The van der Waals surface area contributed by atoms with Crippen molar-refractivity contribution in [3.63, 3.8) is 0 Å². The molecule has 1 aliphatic rings. The van der Waals surface area contributed by atoms with Crippen LogP contribution in [0.1, 0.15) is 25.3 Å². The lowest BCUT2D eigenvalue weighted by Gasteiger charge is -2.24. The number of hydrogen-bond donors (Lipinski definition) is 2. The zero-order valence-electron chi connectivity index (χ0n) is 12.8. The molecule has 2 atom stereocenters. The first-order chi connectivity index (χ1) is 11.1. The van der Waals surface area contributed by atoms with Gasteiger partial charge in [0, 0.05) is 0 Å². The van der Waals surface area contributed by atoms with Crippen LogP contribution in [0.3, 0.4) is 0 Å². The van der Waals surface area contributed by atoms with Gasteiger partial charge in [0.25, 0.3) is 0 Å². The Morgan fingerprint density at radius 3 is 2.65 bits per heavy atom. The van der Waals surface area contributed by atoms with Gasteiger partial charge in [0.15, 0.2) is 0 Å². The SMILES string of the molecule is CCOc1ccc(C#N)cc1NC(=O)C1CC=CCC1C(=O)O. The summed E-state index contributed by atoms with van der Waals surface area (Å²) in [5, 5.41) is 21.0. The first kappa shape index (κ1) is 16.6. The maximum Gasteiger partial charge on any atom is 0.307 e. The van der Waals surface area contributed by atoms with Crippen LogP contribution in [0.15, 0.2) is 30.4 Å². The molecular weight excluding hydrogens is 296 g/mol. The summed E-state index contributed by atoms with van der Waals surface area (Å²) in [7, 11) is 0. The standard InChI is InChI=1S/C17H18N2O4/c1-2-23-15-8-7-11(10-18)9-14(15)19-16(20)12-5-3-4-6-13(12)17(21)22/h3-4,7-9,12-13H,2,5-6H2,1H3,(H,19,20)(H,21,22). The van der Waals surface area contributed by atoms with E-state index in [0.29, 0.717) is 36.4 Å². The Balaban J connectivity index is 2.23. The van der Waals surface area contributed by atoms with Crippen LogP contribution in [0.2, 0.25) is 0 Å². The Morgan fingerprint density at radius 2 is 2.04 bits per heavy atom. The van der Waals surface area contributed by atoms with Gasteiger partial charge in [-0.05, 0) is 38.0 Å². The number of aliphatic carboxylic acids is 1. The summed E-state index contributed by atoms with van der Waals surface area (Å²) in [6.45, 7) is 2.23. The number of nitrogens with one attached hydrogen (secondary N) is 1. The average Bonchev–Trinajstić information content (AvgIpc) is 2.56. The van der Waals surface area contributed by atoms with Crippen molar-refractivity contribution in [1.29, 1.82) is 5.26 Å². The molecule has 120 valence electrons. The minimum absolute atomic E-state index is 0.337. The first-order valence-electron chi connectivity index (χ1n) is 7.42. The highest BCUT2D eigenvalue weighted by Gasteiger charge is 2.34. The van der Waals surface area contributed by atoms with Gasteiger partial charge in [0.05, 0.1) is 35.8 Å². The predicted octanol–water partition coefficient (Wildman–Crippen LogP) is 2.56. The summed E-state index contributed by atoms with van der Waals surface area (Å²) < 4.78 is 5.44. The number of carbonyl (C=O) groups excluding carboxylic acids is 1. The van der Waals surface area contributed by atoms with Crippen LogP contribution in [-0.4, -0.2) is 23.6 Å². The minimum Gasteiger partial charge on any atom is -0.492 e. The minimum atomic E-state index is -0.981. The Morgan fingerprint density at radius 1 is 1.35 bits per heavy atom. The Kier molecular flexibility index (Phi) is 5.36. The largest absolute Gasteiger partial charge is 0.492 e. The molecule has 1 amide bonds. The van der Waals surface area contributed by atoms with E-state index in [1.54, 1.807) is 18.2 Å². The molecule has 0 bridgehead atoms. The quantitative estimate of drug-likeness (QED) is 0.814. The molecule has 23 heavy (non-hydrogen) atoms. The van der Waals surface area contributed by atoms with Crippen LogP contribution in [0.4, 0.5) is 5.69 Å². The second-order valence-corrected chi connectivity index (χ2v) is 5.24. The van der Waals surface area contributed by atoms with E-state index < -0.39 is 17.8 Å². The lowest BCUT2D eigenvalue weighted by Crippen LogP contribution is -2.34. The predicted molar refractivity (Wildman–Crippen MR) is 83.9 cm³/mol. The molecule has 6 nitrogen and oxygen atoms in total. The number of carboxylic acid groups (broad SMARTS) is 1. The molecule has 6 heteroatoms. The van der Waals surface area contributed by atoms with Gasteiger partial charge in [-0.1, -0.05) is 12.2 Å². The second-order valence-electron chi connectivity index (χ2n) is 5.24. The third-order valence-corrected chi connectivity index (χ3v) is 3.75. The lowest BCUT2D eigenvalue weighted by atomic mass is 9.82. The third kappa shape index (κ3) is 3.89. The highest BCUT2D eigenvalue weighted by molar-refractivity contribution is 5.96. The number of amides is 1. The van der Waals surface area contributed by atoms with Gasteiger partial charge < -0.3 is 15.2 Å². The number of allylic oxidation sites excluding steroid dienone is 2. The molecule has 0 heterocycles. The highest BCUT2D eigenvalue weighted by atomic mass is 16.5. The number of nitriles is 1. The van der Waals surface area contributed by atoms with Crippen molar-refractivity contribution in [3.8, 4) is 11.8 Å². The van der Waals surface area contributed by atoms with E-state index in [1.165, 1.54) is 6.07 Å². The fraction of sp³-hybridized carbons (Fsp3) is 0.353. The molecule has 1 aromatic carbocycles. The maximum atomic E-state index is 12.5. The van der Waals surface area contributed by atoms with E-state index in [1.807, 2.05) is 19.1 Å². The zero-order valence-corrected chi connectivity index (χ0v) is 12.8. The molecule has 1 aliphatic carbocycles. The van der Waals surface area contributed by atoms with Gasteiger partial charge in [-0.3, -0.25) is 9.59 Å². The fourth-order valence-electron chi connectivity index (χ4n) is 2.58.